The van der Waals surface area contributed by atoms with Gasteiger partial charge in [-0.25, -0.2) is 13.6 Å². The summed E-state index contributed by atoms with van der Waals surface area (Å²) < 4.78 is 30.9. The van der Waals surface area contributed by atoms with Crippen LogP contribution >= 0.6 is 0 Å². The number of amides is 1. The van der Waals surface area contributed by atoms with Gasteiger partial charge < -0.3 is 10.1 Å². The summed E-state index contributed by atoms with van der Waals surface area (Å²) in [5.41, 5.74) is -0.316. The van der Waals surface area contributed by atoms with E-state index in [1.165, 1.54) is 7.11 Å². The zero-order chi connectivity index (χ0) is 15.3. The van der Waals surface area contributed by atoms with Gasteiger partial charge in [-0.2, -0.15) is 0 Å². The Morgan fingerprint density at radius 1 is 1.30 bits per heavy atom. The number of hydrogen-bond donors (Lipinski definition) is 1. The normalized spacial score (nSPS) is 12.1. The highest BCUT2D eigenvalue weighted by Gasteiger charge is 2.24. The second-order valence-corrected chi connectivity index (χ2v) is 4.80. The smallest absolute Gasteiger partial charge is 0.328 e. The summed E-state index contributed by atoms with van der Waals surface area (Å²) >= 11 is 0. The van der Waals surface area contributed by atoms with Crippen LogP contribution in [-0.2, 0) is 9.53 Å². The van der Waals surface area contributed by atoms with Gasteiger partial charge in [0.2, 0.25) is 0 Å². The van der Waals surface area contributed by atoms with Crippen LogP contribution in [0.4, 0.5) is 8.78 Å². The molecule has 0 radical (unpaired) electrons. The Hall–Kier alpha value is -1.98. The Balaban J connectivity index is 2.87. The number of carbonyl (C=O) groups excluding carboxylic acids is 2. The topological polar surface area (TPSA) is 55.4 Å². The molecule has 0 spiro atoms. The van der Waals surface area contributed by atoms with Gasteiger partial charge in [-0.15, -0.1) is 0 Å². The van der Waals surface area contributed by atoms with Crippen molar-refractivity contribution in [3.05, 3.63) is 35.4 Å². The number of carbonyl (C=O) groups is 2. The van der Waals surface area contributed by atoms with E-state index in [0.29, 0.717) is 12.5 Å². The number of halogens is 2. The number of methoxy groups -OCH3 is 1. The molecule has 0 bridgehead atoms. The van der Waals surface area contributed by atoms with Crippen LogP contribution in [0.1, 0.15) is 30.6 Å². The molecule has 0 unspecified atom stereocenters. The SMILES string of the molecule is COC(=O)[C@@H](CC(C)C)NC(=O)c1ccc(F)cc1F. The summed E-state index contributed by atoms with van der Waals surface area (Å²) in [7, 11) is 1.21. The van der Waals surface area contributed by atoms with Gasteiger partial charge in [0, 0.05) is 6.07 Å². The van der Waals surface area contributed by atoms with Crippen molar-refractivity contribution in [2.45, 2.75) is 26.3 Å². The van der Waals surface area contributed by atoms with Crippen LogP contribution in [0.3, 0.4) is 0 Å². The molecule has 20 heavy (non-hydrogen) atoms. The van der Waals surface area contributed by atoms with Crippen LogP contribution in [-0.4, -0.2) is 25.0 Å². The maximum Gasteiger partial charge on any atom is 0.328 e. The van der Waals surface area contributed by atoms with Crippen molar-refractivity contribution in [1.29, 1.82) is 0 Å². The van der Waals surface area contributed by atoms with Gasteiger partial charge in [0.05, 0.1) is 12.7 Å². The Kier molecular flexibility index (Phi) is 5.61. The molecule has 0 saturated carbocycles. The quantitative estimate of drug-likeness (QED) is 0.844. The monoisotopic (exact) mass is 285 g/mol. The van der Waals surface area contributed by atoms with Crippen molar-refractivity contribution in [2.75, 3.05) is 7.11 Å². The number of hydrogen-bond acceptors (Lipinski definition) is 3. The van der Waals surface area contributed by atoms with Crippen LogP contribution in [0.25, 0.3) is 0 Å². The minimum atomic E-state index is -0.976. The Bertz CT molecular complexity index is 503. The predicted molar refractivity (Wildman–Crippen MR) is 69.1 cm³/mol. The highest BCUT2D eigenvalue weighted by molar-refractivity contribution is 5.97. The lowest BCUT2D eigenvalue weighted by Crippen LogP contribution is -2.42. The average molecular weight is 285 g/mol. The summed E-state index contributed by atoms with van der Waals surface area (Å²) in [6, 6.07) is 1.76. The Labute approximate surface area is 116 Å². The van der Waals surface area contributed by atoms with Crippen LogP contribution in [0.5, 0.6) is 0 Å². The molecule has 0 aliphatic heterocycles. The first-order valence-corrected chi connectivity index (χ1v) is 6.19. The highest BCUT2D eigenvalue weighted by atomic mass is 19.1. The third-order valence-corrected chi connectivity index (χ3v) is 2.67. The zero-order valence-corrected chi connectivity index (χ0v) is 11.6. The molecule has 1 aromatic rings. The predicted octanol–water partition coefficient (Wildman–Crippen LogP) is 2.28. The van der Waals surface area contributed by atoms with Crippen LogP contribution < -0.4 is 5.32 Å². The lowest BCUT2D eigenvalue weighted by atomic mass is 10.0. The number of nitrogens with one attached hydrogen (secondary N) is 1. The molecule has 1 N–H and O–H groups in total. The van der Waals surface area contributed by atoms with Gasteiger partial charge in [-0.05, 0) is 24.5 Å². The summed E-state index contributed by atoms with van der Waals surface area (Å²) in [6.45, 7) is 3.75. The van der Waals surface area contributed by atoms with Crippen molar-refractivity contribution < 1.29 is 23.1 Å². The second kappa shape index (κ2) is 6.98. The molecule has 110 valence electrons. The Morgan fingerprint density at radius 3 is 2.45 bits per heavy atom. The first-order chi connectivity index (χ1) is 9.35. The van der Waals surface area contributed by atoms with E-state index >= 15 is 0 Å². The van der Waals surface area contributed by atoms with E-state index in [-0.39, 0.29) is 11.5 Å². The summed E-state index contributed by atoms with van der Waals surface area (Å²) in [6.07, 6.45) is 0.362. The van der Waals surface area contributed by atoms with E-state index in [2.05, 4.69) is 10.1 Å². The van der Waals surface area contributed by atoms with Crippen LogP contribution in [0, 0.1) is 17.6 Å². The minimum Gasteiger partial charge on any atom is -0.467 e. The van der Waals surface area contributed by atoms with Gasteiger partial charge in [0.1, 0.15) is 17.7 Å². The first kappa shape index (κ1) is 16.1. The molecule has 4 nitrogen and oxygen atoms in total. The second-order valence-electron chi connectivity index (χ2n) is 4.80. The van der Waals surface area contributed by atoms with Gasteiger partial charge >= 0.3 is 5.97 Å². The van der Waals surface area contributed by atoms with E-state index in [4.69, 9.17) is 0 Å². The largest absolute Gasteiger partial charge is 0.467 e. The molecular weight excluding hydrogens is 268 g/mol. The number of benzene rings is 1. The number of ether oxygens (including phenoxy) is 1. The van der Waals surface area contributed by atoms with Crippen LogP contribution in [0.2, 0.25) is 0 Å². The molecule has 0 saturated heterocycles. The molecule has 0 aromatic heterocycles. The standard InChI is InChI=1S/C14H17F2NO3/c1-8(2)6-12(14(19)20-3)17-13(18)10-5-4-9(15)7-11(10)16/h4-5,7-8,12H,6H2,1-3H3,(H,17,18)/t12-/m1/s1. The van der Waals surface area contributed by atoms with E-state index in [1.54, 1.807) is 0 Å². The molecule has 0 fully saturated rings. The summed E-state index contributed by atoms with van der Waals surface area (Å²) in [4.78, 5) is 23.5. The third-order valence-electron chi connectivity index (χ3n) is 2.67. The molecule has 1 atom stereocenters. The fraction of sp³-hybridized carbons (Fsp3) is 0.429. The lowest BCUT2D eigenvalue weighted by Gasteiger charge is -2.18. The van der Waals surface area contributed by atoms with Crippen molar-refractivity contribution in [3.8, 4) is 0 Å². The molecule has 6 heteroatoms. The van der Waals surface area contributed by atoms with Gasteiger partial charge in [0.25, 0.3) is 5.91 Å². The number of rotatable bonds is 5. The van der Waals surface area contributed by atoms with E-state index in [0.717, 1.165) is 12.1 Å². The van der Waals surface area contributed by atoms with Crippen molar-refractivity contribution in [1.82, 2.24) is 5.32 Å². The fourth-order valence-electron chi connectivity index (χ4n) is 1.74. The summed E-state index contributed by atoms with van der Waals surface area (Å²) in [5.74, 6) is -2.99. The molecule has 1 rings (SSSR count). The van der Waals surface area contributed by atoms with Crippen molar-refractivity contribution >= 4 is 11.9 Å². The first-order valence-electron chi connectivity index (χ1n) is 6.19. The zero-order valence-electron chi connectivity index (χ0n) is 11.6. The van der Waals surface area contributed by atoms with Gasteiger partial charge in [-0.1, -0.05) is 13.8 Å². The summed E-state index contributed by atoms with van der Waals surface area (Å²) in [5, 5.41) is 2.40. The van der Waals surface area contributed by atoms with E-state index in [9.17, 15) is 18.4 Å². The van der Waals surface area contributed by atoms with Gasteiger partial charge in [-0.3, -0.25) is 4.79 Å². The molecule has 0 heterocycles. The molecule has 0 aliphatic carbocycles. The fourth-order valence-corrected chi connectivity index (χ4v) is 1.74. The number of esters is 1. The van der Waals surface area contributed by atoms with E-state index < -0.39 is 29.6 Å². The maximum absolute atomic E-state index is 13.5. The van der Waals surface area contributed by atoms with Crippen molar-refractivity contribution in [2.24, 2.45) is 5.92 Å². The van der Waals surface area contributed by atoms with Crippen LogP contribution in [0.15, 0.2) is 18.2 Å². The lowest BCUT2D eigenvalue weighted by molar-refractivity contribution is -0.143. The maximum atomic E-state index is 13.5. The average Bonchev–Trinajstić information content (AvgIpc) is 2.36. The van der Waals surface area contributed by atoms with Crippen molar-refractivity contribution in [3.63, 3.8) is 0 Å². The van der Waals surface area contributed by atoms with E-state index in [1.807, 2.05) is 13.8 Å². The molecule has 1 amide bonds. The molecular formula is C14H17F2NO3. The van der Waals surface area contributed by atoms with Gasteiger partial charge in [0.15, 0.2) is 0 Å². The highest BCUT2D eigenvalue weighted by Crippen LogP contribution is 2.12. The third kappa shape index (κ3) is 4.29. The molecule has 0 aliphatic rings. The molecule has 1 aromatic carbocycles. The Morgan fingerprint density at radius 2 is 1.95 bits per heavy atom. The minimum absolute atomic E-state index is 0.137.